The zero-order chi connectivity index (χ0) is 34.2. The van der Waals surface area contributed by atoms with Crippen molar-refractivity contribution in [3.8, 4) is 5.75 Å². The lowest BCUT2D eigenvalue weighted by Crippen LogP contribution is -2.76. The van der Waals surface area contributed by atoms with Gasteiger partial charge >= 0.3 is 0 Å². The van der Waals surface area contributed by atoms with Crippen molar-refractivity contribution in [2.45, 2.75) is 119 Å². The summed E-state index contributed by atoms with van der Waals surface area (Å²) in [6, 6.07) is 1.86. The Morgan fingerprint density at radius 1 is 1.00 bits per heavy atom. The normalized spacial score (nSPS) is 31.6. The van der Waals surface area contributed by atoms with Crippen LogP contribution in [0.3, 0.4) is 0 Å². The third-order valence-corrected chi connectivity index (χ3v) is 10.9. The highest BCUT2D eigenvalue weighted by Crippen LogP contribution is 2.64. The monoisotopic (exact) mass is 622 g/mol. The first-order valence-electron chi connectivity index (χ1n) is 16.3. The van der Waals surface area contributed by atoms with Gasteiger partial charge in [-0.2, -0.15) is 0 Å². The number of carbonyl (C=O) groups is 6. The number of aryl methyl sites for hydroxylation is 1. The molecule has 1 aromatic rings. The van der Waals surface area contributed by atoms with Crippen molar-refractivity contribution in [1.82, 2.24) is 0 Å². The lowest BCUT2D eigenvalue weighted by molar-refractivity contribution is -0.205. The van der Waals surface area contributed by atoms with E-state index in [0.29, 0.717) is 17.5 Å². The molecule has 0 spiro atoms. The quantitative estimate of drug-likeness (QED) is 0.360. The largest absolute Gasteiger partial charge is 0.507 e. The van der Waals surface area contributed by atoms with Gasteiger partial charge < -0.3 is 10.2 Å². The number of ketones is 6. The lowest BCUT2D eigenvalue weighted by Gasteiger charge is -2.62. The second kappa shape index (κ2) is 11.4. The van der Waals surface area contributed by atoms with Gasteiger partial charge in [-0.3, -0.25) is 28.8 Å². The summed E-state index contributed by atoms with van der Waals surface area (Å²) in [5.41, 5.74) is -3.44. The smallest absolute Gasteiger partial charge is 0.190 e. The molecule has 0 aliphatic heterocycles. The molecule has 246 valence electrons. The Morgan fingerprint density at radius 3 is 2.11 bits per heavy atom. The fourth-order valence-corrected chi connectivity index (χ4v) is 8.91. The van der Waals surface area contributed by atoms with Gasteiger partial charge in [-0.25, -0.2) is 0 Å². The molecule has 2 saturated carbocycles. The number of rotatable bonds is 8. The molecule has 4 rings (SSSR count). The molecule has 45 heavy (non-hydrogen) atoms. The summed E-state index contributed by atoms with van der Waals surface area (Å²) in [5.74, 6) is -9.04. The van der Waals surface area contributed by atoms with E-state index >= 15 is 0 Å². The SMILES string of the molecule is CC(=O)C1C(=O)C(C(C)C)[C@@]2(C)C[C@@]3(C)Cc4c(C(C)C)cc(CCC(=O)CCC(C)(C)C)c(O)c4C(=O)C3C(=O)[C@@]2(O)C1=O. The van der Waals surface area contributed by atoms with Crippen LogP contribution in [-0.4, -0.2) is 50.5 Å². The van der Waals surface area contributed by atoms with Crippen molar-refractivity contribution in [1.29, 1.82) is 0 Å². The van der Waals surface area contributed by atoms with Crippen molar-refractivity contribution < 1.29 is 39.0 Å². The van der Waals surface area contributed by atoms with Gasteiger partial charge in [-0.05, 0) is 72.0 Å². The van der Waals surface area contributed by atoms with Gasteiger partial charge in [0.2, 0.25) is 0 Å². The van der Waals surface area contributed by atoms with Crippen molar-refractivity contribution in [3.63, 3.8) is 0 Å². The highest BCUT2D eigenvalue weighted by atomic mass is 16.3. The van der Waals surface area contributed by atoms with E-state index in [1.54, 1.807) is 27.7 Å². The molecular weight excluding hydrogens is 572 g/mol. The summed E-state index contributed by atoms with van der Waals surface area (Å²) in [7, 11) is 0. The first kappa shape index (κ1) is 34.9. The van der Waals surface area contributed by atoms with Gasteiger partial charge in [0.15, 0.2) is 28.7 Å². The van der Waals surface area contributed by atoms with E-state index in [1.807, 2.05) is 19.9 Å². The molecule has 0 radical (unpaired) electrons. The minimum Gasteiger partial charge on any atom is -0.507 e. The average molecular weight is 623 g/mol. The summed E-state index contributed by atoms with van der Waals surface area (Å²) >= 11 is 0. The van der Waals surface area contributed by atoms with Crippen LogP contribution in [-0.2, 0) is 36.8 Å². The van der Waals surface area contributed by atoms with Crippen LogP contribution >= 0.6 is 0 Å². The molecular formula is C37H50O8. The van der Waals surface area contributed by atoms with Crippen LogP contribution in [0.15, 0.2) is 6.07 Å². The predicted molar refractivity (Wildman–Crippen MR) is 169 cm³/mol. The summed E-state index contributed by atoms with van der Waals surface area (Å²) in [6.07, 6.45) is 1.79. The Bertz CT molecular complexity index is 1490. The number of aliphatic hydroxyl groups is 1. The molecule has 6 atom stereocenters. The number of hydrogen-bond donors (Lipinski definition) is 2. The Balaban J connectivity index is 1.85. The Morgan fingerprint density at radius 2 is 1.60 bits per heavy atom. The number of phenolic OH excluding ortho intramolecular Hbond substituents is 1. The second-order valence-corrected chi connectivity index (χ2v) is 16.4. The molecule has 1 aromatic carbocycles. The van der Waals surface area contributed by atoms with E-state index in [-0.39, 0.29) is 54.1 Å². The molecule has 0 heterocycles. The Labute approximate surface area is 266 Å². The molecule has 0 bridgehead atoms. The van der Waals surface area contributed by atoms with Gasteiger partial charge in [0, 0.05) is 24.2 Å². The zero-order valence-corrected chi connectivity index (χ0v) is 28.6. The standard InChI is InChI=1S/C37H50O8/c1-18(2)23-15-21(11-12-22(39)13-14-34(6,7)8)29(40)26-24(23)16-35(9)17-36(10)27(19(3)4)30(41)25(20(5)38)32(43)37(36,45)33(44)28(35)31(26)42/h15,18-19,25,27-28,40,45H,11-14,16-17H2,1-10H3/t25?,27?,28?,35-,36-,37+/m1/s1. The van der Waals surface area contributed by atoms with Crippen LogP contribution in [0.5, 0.6) is 5.75 Å². The minimum atomic E-state index is -2.73. The van der Waals surface area contributed by atoms with Crippen LogP contribution in [0.1, 0.15) is 128 Å². The minimum absolute atomic E-state index is 0.00392. The van der Waals surface area contributed by atoms with Crippen LogP contribution in [0.2, 0.25) is 0 Å². The highest BCUT2D eigenvalue weighted by molar-refractivity contribution is 6.32. The van der Waals surface area contributed by atoms with Crippen LogP contribution in [0, 0.1) is 39.9 Å². The number of benzene rings is 1. The van der Waals surface area contributed by atoms with E-state index in [4.69, 9.17) is 0 Å². The van der Waals surface area contributed by atoms with Gasteiger partial charge in [0.25, 0.3) is 0 Å². The maximum atomic E-state index is 14.5. The molecule has 2 N–H and O–H groups in total. The zero-order valence-electron chi connectivity index (χ0n) is 28.6. The molecule has 0 aromatic heterocycles. The fraction of sp³-hybridized carbons (Fsp3) is 0.676. The summed E-state index contributed by atoms with van der Waals surface area (Å²) < 4.78 is 0. The van der Waals surface area contributed by atoms with E-state index in [1.165, 1.54) is 0 Å². The molecule has 0 saturated heterocycles. The molecule has 2 fully saturated rings. The summed E-state index contributed by atoms with van der Waals surface area (Å²) in [5, 5.41) is 23.8. The van der Waals surface area contributed by atoms with Crippen molar-refractivity contribution in [2.24, 2.45) is 39.9 Å². The molecule has 3 unspecified atom stereocenters. The number of Topliss-reactive ketones (excluding diaryl/α,β-unsaturated/α-hetero) is 6. The first-order chi connectivity index (χ1) is 20.5. The average Bonchev–Trinajstić information content (AvgIpc) is 2.88. The summed E-state index contributed by atoms with van der Waals surface area (Å²) in [4.78, 5) is 81.9. The van der Waals surface area contributed by atoms with Crippen molar-refractivity contribution in [3.05, 3.63) is 28.3 Å². The van der Waals surface area contributed by atoms with Crippen LogP contribution < -0.4 is 0 Å². The molecule has 3 aliphatic rings. The number of carbonyl (C=O) groups excluding carboxylic acids is 6. The third-order valence-electron chi connectivity index (χ3n) is 10.9. The summed E-state index contributed by atoms with van der Waals surface area (Å²) in [6.45, 7) is 18.2. The number of phenols is 1. The van der Waals surface area contributed by atoms with E-state index in [9.17, 15) is 39.0 Å². The van der Waals surface area contributed by atoms with Gasteiger partial charge in [0.05, 0.1) is 11.5 Å². The number of fused-ring (bicyclic) bond motifs is 3. The molecule has 8 heteroatoms. The Hall–Kier alpha value is -3.00. The van der Waals surface area contributed by atoms with E-state index in [0.717, 1.165) is 18.9 Å². The number of aromatic hydroxyl groups is 1. The number of hydrogen-bond acceptors (Lipinski definition) is 8. The van der Waals surface area contributed by atoms with Crippen LogP contribution in [0.25, 0.3) is 0 Å². The van der Waals surface area contributed by atoms with Crippen molar-refractivity contribution >= 4 is 34.7 Å². The molecule has 8 nitrogen and oxygen atoms in total. The third kappa shape index (κ3) is 5.35. The fourth-order valence-electron chi connectivity index (χ4n) is 8.91. The lowest BCUT2D eigenvalue weighted by atomic mass is 9.39. The van der Waals surface area contributed by atoms with E-state index in [2.05, 4.69) is 20.8 Å². The maximum absolute atomic E-state index is 14.5. The van der Waals surface area contributed by atoms with Crippen LogP contribution in [0.4, 0.5) is 0 Å². The Kier molecular flexibility index (Phi) is 8.80. The van der Waals surface area contributed by atoms with Gasteiger partial charge in [0.1, 0.15) is 23.2 Å². The molecule has 0 amide bonds. The van der Waals surface area contributed by atoms with Crippen molar-refractivity contribution in [2.75, 3.05) is 0 Å². The molecule has 3 aliphatic carbocycles. The van der Waals surface area contributed by atoms with Gasteiger partial charge in [-0.15, -0.1) is 0 Å². The highest BCUT2D eigenvalue weighted by Gasteiger charge is 2.76. The first-order valence-corrected chi connectivity index (χ1v) is 16.3. The van der Waals surface area contributed by atoms with E-state index < -0.39 is 69.0 Å². The maximum Gasteiger partial charge on any atom is 0.190 e. The van der Waals surface area contributed by atoms with Gasteiger partial charge in [-0.1, -0.05) is 68.4 Å². The predicted octanol–water partition coefficient (Wildman–Crippen LogP) is 5.54. The second-order valence-electron chi connectivity index (χ2n) is 16.4. The topological polar surface area (TPSA) is 143 Å².